The van der Waals surface area contributed by atoms with Crippen molar-refractivity contribution in [2.75, 3.05) is 63.7 Å². The molecule has 1 aliphatic heterocycles. The fourth-order valence-electron chi connectivity index (χ4n) is 4.75. The van der Waals surface area contributed by atoms with E-state index in [0.29, 0.717) is 19.4 Å². The molecule has 1 saturated heterocycles. The molecule has 1 unspecified atom stereocenters. The van der Waals surface area contributed by atoms with Gasteiger partial charge in [0.15, 0.2) is 0 Å². The smallest absolute Gasteiger partial charge is 0.220 e. The number of rotatable bonds is 10. The van der Waals surface area contributed by atoms with Gasteiger partial charge in [-0.25, -0.2) is 4.39 Å². The third-order valence-corrected chi connectivity index (χ3v) is 7.03. The highest BCUT2D eigenvalue weighted by molar-refractivity contribution is 5.76. The lowest BCUT2D eigenvalue weighted by Crippen LogP contribution is -2.50. The largest absolute Gasteiger partial charge is 0.497 e. The van der Waals surface area contributed by atoms with Gasteiger partial charge in [0.1, 0.15) is 11.6 Å². The zero-order chi connectivity index (χ0) is 26.2. The summed E-state index contributed by atoms with van der Waals surface area (Å²) in [4.78, 5) is 19.6. The number of hydrogen-bond donors (Lipinski definition) is 1. The fraction of sp³-hybridized carbons (Fsp3) is 0.367. The van der Waals surface area contributed by atoms with Crippen LogP contribution in [0.3, 0.4) is 0 Å². The van der Waals surface area contributed by atoms with E-state index in [1.807, 2.05) is 50.5 Å². The van der Waals surface area contributed by atoms with Gasteiger partial charge in [-0.05, 0) is 66.1 Å². The lowest BCUT2D eigenvalue weighted by atomic mass is 10.0. The second kappa shape index (κ2) is 12.6. The van der Waals surface area contributed by atoms with Crippen LogP contribution in [0, 0.1) is 5.82 Å². The van der Waals surface area contributed by atoms with Crippen LogP contribution < -0.4 is 19.9 Å². The highest BCUT2D eigenvalue weighted by atomic mass is 19.1. The van der Waals surface area contributed by atoms with Gasteiger partial charge in [0, 0.05) is 64.6 Å². The Bertz CT molecular complexity index is 1130. The number of anilines is 2. The SMILES string of the molecule is COc1ccc(CCC(=O)NCC(c2ccc(N(C)C)cc2)N2CCN(c3ccc(F)cc3)CC2)cc1. The standard InChI is InChI=1S/C30H37FN4O2/c1-33(2)26-11-7-24(8-12-26)29(22-32-30(36)17-6-23-4-15-28(37-3)16-5-23)35-20-18-34(19-21-35)27-13-9-25(31)10-14-27/h4-5,7-16,29H,6,17-22H2,1-3H3,(H,32,36). The van der Waals surface area contributed by atoms with Crippen molar-refractivity contribution in [2.24, 2.45) is 0 Å². The summed E-state index contributed by atoms with van der Waals surface area (Å²) in [5.41, 5.74) is 4.49. The van der Waals surface area contributed by atoms with Crippen molar-refractivity contribution in [1.82, 2.24) is 10.2 Å². The van der Waals surface area contributed by atoms with Crippen molar-refractivity contribution in [3.8, 4) is 5.75 Å². The minimum absolute atomic E-state index is 0.0516. The van der Waals surface area contributed by atoms with E-state index in [4.69, 9.17) is 4.74 Å². The van der Waals surface area contributed by atoms with E-state index in [1.54, 1.807) is 7.11 Å². The predicted octanol–water partition coefficient (Wildman–Crippen LogP) is 4.51. The van der Waals surface area contributed by atoms with Crippen molar-refractivity contribution < 1.29 is 13.9 Å². The highest BCUT2D eigenvalue weighted by Crippen LogP contribution is 2.26. The molecule has 4 rings (SSSR count). The number of piperazine rings is 1. The molecule has 0 bridgehead atoms. The first kappa shape index (κ1) is 26.5. The quantitative estimate of drug-likeness (QED) is 0.440. The molecule has 1 aliphatic rings. The van der Waals surface area contributed by atoms with Crippen molar-refractivity contribution in [3.05, 3.63) is 89.7 Å². The van der Waals surface area contributed by atoms with E-state index in [9.17, 15) is 9.18 Å². The lowest BCUT2D eigenvalue weighted by molar-refractivity contribution is -0.121. The van der Waals surface area contributed by atoms with Gasteiger partial charge in [0.25, 0.3) is 0 Å². The molecule has 3 aromatic carbocycles. The normalized spacial score (nSPS) is 14.8. The molecular formula is C30H37FN4O2. The van der Waals surface area contributed by atoms with Gasteiger partial charge in [-0.3, -0.25) is 9.69 Å². The second-order valence-corrected chi connectivity index (χ2v) is 9.65. The summed E-state index contributed by atoms with van der Waals surface area (Å²) in [5, 5.41) is 3.19. The Labute approximate surface area is 219 Å². The summed E-state index contributed by atoms with van der Waals surface area (Å²) in [6, 6.07) is 23.2. The first-order valence-electron chi connectivity index (χ1n) is 12.8. The Morgan fingerprint density at radius 3 is 2.19 bits per heavy atom. The maximum absolute atomic E-state index is 13.4. The molecule has 6 nitrogen and oxygen atoms in total. The molecule has 0 aromatic heterocycles. The van der Waals surface area contributed by atoms with Gasteiger partial charge in [-0.2, -0.15) is 0 Å². The number of carbonyl (C=O) groups excluding carboxylic acids is 1. The first-order valence-corrected chi connectivity index (χ1v) is 12.8. The molecular weight excluding hydrogens is 467 g/mol. The summed E-state index contributed by atoms with van der Waals surface area (Å²) in [6.07, 6.45) is 1.13. The van der Waals surface area contributed by atoms with Crippen LogP contribution in [0.25, 0.3) is 0 Å². The first-order chi connectivity index (χ1) is 17.9. The van der Waals surface area contributed by atoms with E-state index in [2.05, 4.69) is 44.3 Å². The average Bonchev–Trinajstić information content (AvgIpc) is 2.93. The number of nitrogens with zero attached hydrogens (tertiary/aromatic N) is 3. The minimum atomic E-state index is -0.216. The van der Waals surface area contributed by atoms with E-state index >= 15 is 0 Å². The molecule has 1 heterocycles. The van der Waals surface area contributed by atoms with Gasteiger partial charge in [0.2, 0.25) is 5.91 Å². The van der Waals surface area contributed by atoms with Crippen LogP contribution in [0.1, 0.15) is 23.6 Å². The van der Waals surface area contributed by atoms with E-state index in [0.717, 1.165) is 48.9 Å². The lowest BCUT2D eigenvalue weighted by Gasteiger charge is -2.40. The average molecular weight is 505 g/mol. The number of amides is 1. The maximum Gasteiger partial charge on any atom is 0.220 e. The predicted molar refractivity (Wildman–Crippen MR) is 148 cm³/mol. The number of carbonyl (C=O) groups is 1. The Balaban J connectivity index is 1.38. The van der Waals surface area contributed by atoms with Crippen molar-refractivity contribution in [2.45, 2.75) is 18.9 Å². The Kier molecular flexibility index (Phi) is 9.01. The fourth-order valence-corrected chi connectivity index (χ4v) is 4.75. The van der Waals surface area contributed by atoms with Crippen molar-refractivity contribution in [3.63, 3.8) is 0 Å². The van der Waals surface area contributed by atoms with Crippen LogP contribution >= 0.6 is 0 Å². The number of methoxy groups -OCH3 is 1. The molecule has 1 fully saturated rings. The molecule has 0 spiro atoms. The Morgan fingerprint density at radius 1 is 0.946 bits per heavy atom. The molecule has 37 heavy (non-hydrogen) atoms. The molecule has 1 amide bonds. The van der Waals surface area contributed by atoms with Crippen molar-refractivity contribution >= 4 is 17.3 Å². The number of benzene rings is 3. The number of halogens is 1. The number of ether oxygens (including phenoxy) is 1. The molecule has 1 atom stereocenters. The van der Waals surface area contributed by atoms with Gasteiger partial charge in [0.05, 0.1) is 13.2 Å². The number of nitrogens with one attached hydrogen (secondary N) is 1. The van der Waals surface area contributed by atoms with E-state index in [1.165, 1.54) is 17.7 Å². The second-order valence-electron chi connectivity index (χ2n) is 9.65. The monoisotopic (exact) mass is 504 g/mol. The maximum atomic E-state index is 13.4. The molecule has 0 aliphatic carbocycles. The summed E-state index contributed by atoms with van der Waals surface area (Å²) >= 11 is 0. The molecule has 196 valence electrons. The molecule has 3 aromatic rings. The zero-order valence-electron chi connectivity index (χ0n) is 22.0. The number of aryl methyl sites for hydroxylation is 1. The molecule has 1 N–H and O–H groups in total. The van der Waals surface area contributed by atoms with Crippen LogP contribution in [0.4, 0.5) is 15.8 Å². The molecule has 7 heteroatoms. The van der Waals surface area contributed by atoms with Crippen molar-refractivity contribution in [1.29, 1.82) is 0 Å². The minimum Gasteiger partial charge on any atom is -0.497 e. The molecule has 0 radical (unpaired) electrons. The van der Waals surface area contributed by atoms with E-state index in [-0.39, 0.29) is 17.8 Å². The van der Waals surface area contributed by atoms with Gasteiger partial charge < -0.3 is 19.9 Å². The van der Waals surface area contributed by atoms with E-state index < -0.39 is 0 Å². The topological polar surface area (TPSA) is 48.1 Å². The van der Waals surface area contributed by atoms with Gasteiger partial charge >= 0.3 is 0 Å². The highest BCUT2D eigenvalue weighted by Gasteiger charge is 2.26. The summed E-state index contributed by atoms with van der Waals surface area (Å²) in [6.45, 7) is 3.98. The van der Waals surface area contributed by atoms with Gasteiger partial charge in [-0.15, -0.1) is 0 Å². The number of hydrogen-bond acceptors (Lipinski definition) is 5. The summed E-state index contributed by atoms with van der Waals surface area (Å²) in [5.74, 6) is 0.651. The van der Waals surface area contributed by atoms with Crippen LogP contribution in [-0.2, 0) is 11.2 Å². The van der Waals surface area contributed by atoms with Crippen LogP contribution in [0.5, 0.6) is 5.75 Å². The summed E-state index contributed by atoms with van der Waals surface area (Å²) < 4.78 is 18.6. The third-order valence-electron chi connectivity index (χ3n) is 7.03. The molecule has 0 saturated carbocycles. The van der Waals surface area contributed by atoms with Crippen LogP contribution in [-0.4, -0.2) is 64.7 Å². The Hall–Kier alpha value is -3.58. The van der Waals surface area contributed by atoms with Crippen LogP contribution in [0.2, 0.25) is 0 Å². The Morgan fingerprint density at radius 2 is 1.59 bits per heavy atom. The van der Waals surface area contributed by atoms with Gasteiger partial charge in [-0.1, -0.05) is 24.3 Å². The van der Waals surface area contributed by atoms with Crippen LogP contribution in [0.15, 0.2) is 72.8 Å². The zero-order valence-corrected chi connectivity index (χ0v) is 22.0. The summed E-state index contributed by atoms with van der Waals surface area (Å²) in [7, 11) is 5.71. The third kappa shape index (κ3) is 7.23.